The predicted molar refractivity (Wildman–Crippen MR) is 102 cm³/mol. The Labute approximate surface area is 160 Å². The fraction of sp³-hybridized carbons (Fsp3) is 0.588. The highest BCUT2D eigenvalue weighted by Gasteiger charge is 2.35. The monoisotopic (exact) mass is 421 g/mol. The summed E-state index contributed by atoms with van der Waals surface area (Å²) < 4.78 is 48.3. The second kappa shape index (κ2) is 8.27. The molecule has 26 heavy (non-hydrogen) atoms. The van der Waals surface area contributed by atoms with Crippen LogP contribution in [0.1, 0.15) is 26.7 Å². The van der Waals surface area contributed by atoms with E-state index in [0.717, 1.165) is 0 Å². The summed E-state index contributed by atoms with van der Waals surface area (Å²) in [6.45, 7) is 4.29. The molecule has 1 atom stereocenters. The summed E-state index contributed by atoms with van der Waals surface area (Å²) >= 11 is 5.77. The number of benzene rings is 1. The number of hydrogen-bond acceptors (Lipinski definition) is 5. The largest absolute Gasteiger partial charge is 0.338 e. The van der Waals surface area contributed by atoms with Crippen LogP contribution in [0.15, 0.2) is 29.2 Å². The van der Waals surface area contributed by atoms with Gasteiger partial charge in [-0.2, -0.15) is 0 Å². The molecule has 2 rings (SSSR count). The molecule has 1 aliphatic heterocycles. The van der Waals surface area contributed by atoms with Crippen LogP contribution in [-0.4, -0.2) is 57.5 Å². The van der Waals surface area contributed by atoms with E-state index in [-0.39, 0.29) is 46.4 Å². The molecule has 1 unspecified atom stereocenters. The van der Waals surface area contributed by atoms with Gasteiger partial charge in [0.05, 0.1) is 22.2 Å². The van der Waals surface area contributed by atoms with Crippen molar-refractivity contribution in [1.82, 2.24) is 4.90 Å². The van der Waals surface area contributed by atoms with Crippen molar-refractivity contribution in [2.24, 2.45) is 5.92 Å². The number of carbonyl (C=O) groups is 1. The lowest BCUT2D eigenvalue weighted by Crippen LogP contribution is -2.43. The molecule has 1 fully saturated rings. The van der Waals surface area contributed by atoms with Crippen molar-refractivity contribution in [3.63, 3.8) is 0 Å². The molecule has 0 N–H and O–H groups in total. The van der Waals surface area contributed by atoms with E-state index in [2.05, 4.69) is 0 Å². The highest BCUT2D eigenvalue weighted by atomic mass is 35.5. The zero-order valence-corrected chi connectivity index (χ0v) is 17.3. The normalized spacial score (nSPS) is 19.6. The Kier molecular flexibility index (Phi) is 6.74. The molecule has 1 heterocycles. The van der Waals surface area contributed by atoms with E-state index >= 15 is 0 Å². The third-order valence-corrected chi connectivity index (χ3v) is 8.02. The van der Waals surface area contributed by atoms with Gasteiger partial charge in [0.25, 0.3) is 0 Å². The Morgan fingerprint density at radius 1 is 1.27 bits per heavy atom. The minimum absolute atomic E-state index is 0.0462. The lowest BCUT2D eigenvalue weighted by atomic mass is 10.1. The molecule has 1 aromatic rings. The Morgan fingerprint density at radius 3 is 2.38 bits per heavy atom. The Hall–Kier alpha value is -1.12. The fourth-order valence-corrected chi connectivity index (χ4v) is 6.08. The van der Waals surface area contributed by atoms with Crippen molar-refractivity contribution >= 4 is 37.2 Å². The van der Waals surface area contributed by atoms with E-state index in [1.165, 1.54) is 24.3 Å². The van der Waals surface area contributed by atoms with Gasteiger partial charge in [0.1, 0.15) is 0 Å². The number of sulfone groups is 2. The van der Waals surface area contributed by atoms with Gasteiger partial charge < -0.3 is 4.90 Å². The summed E-state index contributed by atoms with van der Waals surface area (Å²) in [7, 11) is -6.73. The standard InChI is InChI=1S/C17H24ClNO5S2/c1-13(2)11-19(15-7-9-25(21,22)12-15)17(20)8-10-26(23,24)16-5-3-14(18)4-6-16/h3-6,13,15H,7-12H2,1-2H3. The SMILES string of the molecule is CC(C)CN(C(=O)CCS(=O)(=O)c1ccc(Cl)cc1)C1CCS(=O)(=O)C1. The first-order chi connectivity index (χ1) is 12.0. The van der Waals surface area contributed by atoms with E-state index in [0.29, 0.717) is 18.0 Å². The first-order valence-corrected chi connectivity index (χ1v) is 12.3. The summed E-state index contributed by atoms with van der Waals surface area (Å²) in [5.74, 6) is -0.451. The van der Waals surface area contributed by atoms with Gasteiger partial charge >= 0.3 is 0 Å². The Morgan fingerprint density at radius 2 is 1.88 bits per heavy atom. The molecule has 0 aliphatic carbocycles. The Balaban J connectivity index is 2.08. The molecule has 0 spiro atoms. The van der Waals surface area contributed by atoms with E-state index in [4.69, 9.17) is 11.6 Å². The van der Waals surface area contributed by atoms with Gasteiger partial charge in [0.15, 0.2) is 19.7 Å². The van der Waals surface area contributed by atoms with Gasteiger partial charge in [0, 0.05) is 24.0 Å². The van der Waals surface area contributed by atoms with Crippen molar-refractivity contribution < 1.29 is 21.6 Å². The van der Waals surface area contributed by atoms with Crippen LogP contribution in [0.2, 0.25) is 5.02 Å². The molecule has 0 bridgehead atoms. The average Bonchev–Trinajstić information content (AvgIpc) is 2.90. The highest BCUT2D eigenvalue weighted by Crippen LogP contribution is 2.21. The third kappa shape index (κ3) is 5.69. The number of rotatable bonds is 7. The van der Waals surface area contributed by atoms with Crippen molar-refractivity contribution in [2.45, 2.75) is 37.6 Å². The van der Waals surface area contributed by atoms with Gasteiger partial charge in [-0.05, 0) is 36.6 Å². The number of halogens is 1. The van der Waals surface area contributed by atoms with Crippen LogP contribution in [0.4, 0.5) is 0 Å². The molecule has 146 valence electrons. The molecule has 6 nitrogen and oxygen atoms in total. The lowest BCUT2D eigenvalue weighted by Gasteiger charge is -2.30. The van der Waals surface area contributed by atoms with Gasteiger partial charge in [-0.15, -0.1) is 0 Å². The van der Waals surface area contributed by atoms with E-state index < -0.39 is 19.7 Å². The van der Waals surface area contributed by atoms with Crippen LogP contribution in [0, 0.1) is 5.92 Å². The maximum Gasteiger partial charge on any atom is 0.223 e. The van der Waals surface area contributed by atoms with Crippen LogP contribution < -0.4 is 0 Å². The van der Waals surface area contributed by atoms with Crippen molar-refractivity contribution in [3.8, 4) is 0 Å². The second-order valence-corrected chi connectivity index (χ2v) is 11.8. The van der Waals surface area contributed by atoms with Gasteiger partial charge in [0.2, 0.25) is 5.91 Å². The summed E-state index contributed by atoms with van der Waals surface area (Å²) in [6.07, 6.45) is 0.235. The highest BCUT2D eigenvalue weighted by molar-refractivity contribution is 7.91. The summed E-state index contributed by atoms with van der Waals surface area (Å²) in [5.41, 5.74) is 0. The van der Waals surface area contributed by atoms with Crippen LogP contribution in [0.3, 0.4) is 0 Å². The molecule has 1 saturated heterocycles. The fourth-order valence-electron chi connectivity index (χ4n) is 2.99. The summed E-state index contributed by atoms with van der Waals surface area (Å²) in [6, 6.07) is 5.44. The van der Waals surface area contributed by atoms with E-state index in [1.807, 2.05) is 13.8 Å². The average molecular weight is 422 g/mol. The zero-order chi connectivity index (χ0) is 19.5. The molecule has 0 saturated carbocycles. The molecular weight excluding hydrogens is 398 g/mol. The first-order valence-electron chi connectivity index (χ1n) is 8.48. The van der Waals surface area contributed by atoms with Crippen molar-refractivity contribution in [3.05, 3.63) is 29.3 Å². The molecular formula is C17H24ClNO5S2. The summed E-state index contributed by atoms with van der Waals surface area (Å²) in [4.78, 5) is 14.3. The molecule has 0 radical (unpaired) electrons. The maximum atomic E-state index is 12.7. The zero-order valence-electron chi connectivity index (χ0n) is 14.9. The van der Waals surface area contributed by atoms with Crippen LogP contribution in [0.25, 0.3) is 0 Å². The summed E-state index contributed by atoms with van der Waals surface area (Å²) in [5, 5.41) is 0.436. The number of hydrogen-bond donors (Lipinski definition) is 0. The second-order valence-electron chi connectivity index (χ2n) is 7.02. The smallest absolute Gasteiger partial charge is 0.223 e. The quantitative estimate of drug-likeness (QED) is 0.673. The van der Waals surface area contributed by atoms with Crippen LogP contribution >= 0.6 is 11.6 Å². The van der Waals surface area contributed by atoms with E-state index in [1.54, 1.807) is 4.90 Å². The topological polar surface area (TPSA) is 88.6 Å². The van der Waals surface area contributed by atoms with E-state index in [9.17, 15) is 21.6 Å². The number of carbonyl (C=O) groups excluding carboxylic acids is 1. The van der Waals surface area contributed by atoms with Gasteiger partial charge in [-0.3, -0.25) is 4.79 Å². The minimum Gasteiger partial charge on any atom is -0.338 e. The Bertz CT molecular complexity index is 848. The third-order valence-electron chi connectivity index (χ3n) is 4.29. The van der Waals surface area contributed by atoms with Crippen molar-refractivity contribution in [2.75, 3.05) is 23.8 Å². The minimum atomic E-state index is -3.60. The van der Waals surface area contributed by atoms with Gasteiger partial charge in [-0.1, -0.05) is 25.4 Å². The molecule has 1 aromatic carbocycles. The molecule has 1 aliphatic rings. The predicted octanol–water partition coefficient (Wildman–Crippen LogP) is 2.18. The molecule has 0 aromatic heterocycles. The van der Waals surface area contributed by atoms with Crippen molar-refractivity contribution in [1.29, 1.82) is 0 Å². The maximum absolute atomic E-state index is 12.7. The number of nitrogens with zero attached hydrogens (tertiary/aromatic N) is 1. The molecule has 1 amide bonds. The van der Waals surface area contributed by atoms with Crippen LogP contribution in [-0.2, 0) is 24.5 Å². The first kappa shape index (κ1) is 21.2. The molecule has 9 heteroatoms. The van der Waals surface area contributed by atoms with Crippen LogP contribution in [0.5, 0.6) is 0 Å². The van der Waals surface area contributed by atoms with Gasteiger partial charge in [-0.25, -0.2) is 16.8 Å². The number of amides is 1. The lowest BCUT2D eigenvalue weighted by molar-refractivity contribution is -0.133.